The van der Waals surface area contributed by atoms with E-state index < -0.39 is 11.2 Å². The molecule has 1 aliphatic heterocycles. The van der Waals surface area contributed by atoms with E-state index in [4.69, 9.17) is 14.2 Å². The average Bonchev–Trinajstić information content (AvgIpc) is 2.90. The Kier molecular flexibility index (Phi) is 3.37. The van der Waals surface area contributed by atoms with Crippen LogP contribution in [0.1, 0.15) is 52.4 Å². The zero-order chi connectivity index (χ0) is 14.4. The fourth-order valence-electron chi connectivity index (χ4n) is 5.20. The van der Waals surface area contributed by atoms with Crippen molar-refractivity contribution in [1.29, 1.82) is 0 Å². The van der Waals surface area contributed by atoms with Crippen LogP contribution in [-0.4, -0.2) is 32.1 Å². The van der Waals surface area contributed by atoms with Crippen LogP contribution in [0.15, 0.2) is 0 Å². The molecule has 114 valence electrons. The van der Waals surface area contributed by atoms with Crippen molar-refractivity contribution in [2.24, 2.45) is 16.7 Å². The second-order valence-electron chi connectivity index (χ2n) is 7.07. The zero-order valence-corrected chi connectivity index (χ0v) is 12.9. The molecule has 2 aliphatic carbocycles. The van der Waals surface area contributed by atoms with Crippen LogP contribution >= 0.6 is 0 Å². The largest absolute Gasteiger partial charge is 0.469 e. The van der Waals surface area contributed by atoms with Gasteiger partial charge in [0.2, 0.25) is 0 Å². The number of hydrogen-bond donors (Lipinski definition) is 0. The van der Waals surface area contributed by atoms with Crippen LogP contribution in [0.25, 0.3) is 0 Å². The van der Waals surface area contributed by atoms with E-state index in [0.717, 1.165) is 38.5 Å². The summed E-state index contributed by atoms with van der Waals surface area (Å²) in [5, 5.41) is 0. The Morgan fingerprint density at radius 1 is 1.10 bits per heavy atom. The fourth-order valence-corrected chi connectivity index (χ4v) is 5.20. The molecule has 2 saturated carbocycles. The minimum Gasteiger partial charge on any atom is -0.469 e. The van der Waals surface area contributed by atoms with Gasteiger partial charge in [0.25, 0.3) is 0 Å². The molecule has 0 bridgehead atoms. The first kappa shape index (κ1) is 14.3. The van der Waals surface area contributed by atoms with Crippen LogP contribution < -0.4 is 0 Å². The Balaban J connectivity index is 2.00. The third-order valence-corrected chi connectivity index (χ3v) is 6.20. The number of methoxy groups -OCH3 is 1. The van der Waals surface area contributed by atoms with Crippen molar-refractivity contribution in [3.63, 3.8) is 0 Å². The standard InChI is InChI=1S/C16H26O4/c1-14(13(17)18-3)7-5-8-15(2)12(14)6-4-9-16(15)19-10-11-20-16/h12H,4-11H2,1-3H3/t12-,14+,15+/m0/s1. The highest BCUT2D eigenvalue weighted by Crippen LogP contribution is 2.63. The van der Waals surface area contributed by atoms with Crippen molar-refractivity contribution in [3.8, 4) is 0 Å². The molecule has 1 spiro atoms. The summed E-state index contributed by atoms with van der Waals surface area (Å²) in [4.78, 5) is 12.4. The number of carbonyl (C=O) groups is 1. The summed E-state index contributed by atoms with van der Waals surface area (Å²) in [7, 11) is 1.50. The molecule has 0 aromatic heterocycles. The third kappa shape index (κ3) is 1.70. The van der Waals surface area contributed by atoms with Crippen molar-refractivity contribution in [1.82, 2.24) is 0 Å². The van der Waals surface area contributed by atoms with E-state index in [0.29, 0.717) is 13.2 Å². The van der Waals surface area contributed by atoms with Crippen molar-refractivity contribution < 1.29 is 19.0 Å². The number of hydrogen-bond acceptors (Lipinski definition) is 4. The summed E-state index contributed by atoms with van der Waals surface area (Å²) in [6.07, 6.45) is 6.11. The molecule has 1 saturated heterocycles. The molecule has 0 radical (unpaired) electrons. The van der Waals surface area contributed by atoms with Gasteiger partial charge in [0.05, 0.1) is 25.7 Å². The topological polar surface area (TPSA) is 44.8 Å². The second-order valence-corrected chi connectivity index (χ2v) is 7.07. The van der Waals surface area contributed by atoms with Gasteiger partial charge in [-0.25, -0.2) is 0 Å². The lowest BCUT2D eigenvalue weighted by Crippen LogP contribution is -2.61. The molecule has 1 heterocycles. The van der Waals surface area contributed by atoms with Crippen molar-refractivity contribution in [3.05, 3.63) is 0 Å². The maximum atomic E-state index is 12.4. The number of rotatable bonds is 1. The van der Waals surface area contributed by atoms with Gasteiger partial charge in [-0.2, -0.15) is 0 Å². The molecule has 0 N–H and O–H groups in total. The van der Waals surface area contributed by atoms with E-state index in [1.165, 1.54) is 7.11 Å². The Morgan fingerprint density at radius 3 is 2.45 bits per heavy atom. The average molecular weight is 282 g/mol. The zero-order valence-electron chi connectivity index (χ0n) is 12.9. The molecular weight excluding hydrogens is 256 g/mol. The van der Waals surface area contributed by atoms with E-state index in [-0.39, 0.29) is 17.3 Å². The minimum atomic E-state index is -0.467. The van der Waals surface area contributed by atoms with E-state index >= 15 is 0 Å². The smallest absolute Gasteiger partial charge is 0.311 e. The first-order valence-electron chi connectivity index (χ1n) is 7.85. The quantitative estimate of drug-likeness (QED) is 0.694. The normalized spacial score (nSPS) is 43.2. The van der Waals surface area contributed by atoms with Crippen molar-refractivity contribution in [2.75, 3.05) is 20.3 Å². The molecule has 20 heavy (non-hydrogen) atoms. The summed E-state index contributed by atoms with van der Waals surface area (Å²) in [5.74, 6) is -0.252. The maximum Gasteiger partial charge on any atom is 0.311 e. The molecule has 0 aromatic rings. The van der Waals surface area contributed by atoms with E-state index in [1.807, 2.05) is 0 Å². The lowest BCUT2D eigenvalue weighted by Gasteiger charge is -2.59. The molecule has 3 fully saturated rings. The van der Waals surface area contributed by atoms with Gasteiger partial charge in [-0.3, -0.25) is 4.79 Å². The lowest BCUT2D eigenvalue weighted by molar-refractivity contribution is -0.290. The van der Waals surface area contributed by atoms with Crippen LogP contribution in [0, 0.1) is 16.7 Å². The van der Waals surface area contributed by atoms with Gasteiger partial charge in [-0.05, 0) is 38.5 Å². The van der Waals surface area contributed by atoms with Crippen molar-refractivity contribution in [2.45, 2.75) is 58.2 Å². The van der Waals surface area contributed by atoms with Crippen LogP contribution in [-0.2, 0) is 19.0 Å². The Labute approximate surface area is 121 Å². The Hall–Kier alpha value is -0.610. The molecule has 3 rings (SSSR count). The highest BCUT2D eigenvalue weighted by molar-refractivity contribution is 5.77. The number of carbonyl (C=O) groups excluding carboxylic acids is 1. The Morgan fingerprint density at radius 2 is 1.80 bits per heavy atom. The molecular formula is C16H26O4. The molecule has 4 nitrogen and oxygen atoms in total. The first-order valence-corrected chi connectivity index (χ1v) is 7.85. The summed E-state index contributed by atoms with van der Waals surface area (Å²) in [6.45, 7) is 5.70. The van der Waals surface area contributed by atoms with Gasteiger partial charge in [0, 0.05) is 11.8 Å². The van der Waals surface area contributed by atoms with Gasteiger partial charge < -0.3 is 14.2 Å². The molecule has 4 heteroatoms. The number of ether oxygens (including phenoxy) is 3. The first-order chi connectivity index (χ1) is 9.48. The number of fused-ring (bicyclic) bond motifs is 2. The summed E-state index contributed by atoms with van der Waals surface area (Å²) in [5.41, 5.74) is -0.479. The van der Waals surface area contributed by atoms with Crippen LogP contribution in [0.2, 0.25) is 0 Å². The highest BCUT2D eigenvalue weighted by atomic mass is 16.7. The number of esters is 1. The fraction of sp³-hybridized carbons (Fsp3) is 0.938. The third-order valence-electron chi connectivity index (χ3n) is 6.20. The van der Waals surface area contributed by atoms with Gasteiger partial charge in [0.15, 0.2) is 5.79 Å². The SMILES string of the molecule is COC(=O)[C@]1(C)CCC[C@]2(C)[C@H]1CCCC21OCCO1. The predicted octanol–water partition coefficient (Wildman–Crippen LogP) is 2.90. The minimum absolute atomic E-state index is 0.0662. The van der Waals surface area contributed by atoms with E-state index in [9.17, 15) is 4.79 Å². The van der Waals surface area contributed by atoms with Crippen LogP contribution in [0.5, 0.6) is 0 Å². The molecule has 0 aromatic carbocycles. The Bertz CT molecular complexity index is 401. The highest BCUT2D eigenvalue weighted by Gasteiger charge is 2.65. The van der Waals surface area contributed by atoms with E-state index in [2.05, 4.69) is 13.8 Å². The molecule has 0 unspecified atom stereocenters. The van der Waals surface area contributed by atoms with Gasteiger partial charge >= 0.3 is 5.97 Å². The monoisotopic (exact) mass is 282 g/mol. The lowest BCUT2D eigenvalue weighted by atomic mass is 9.49. The molecule has 0 amide bonds. The maximum absolute atomic E-state index is 12.4. The summed E-state index contributed by atoms with van der Waals surface area (Å²) >= 11 is 0. The van der Waals surface area contributed by atoms with Crippen molar-refractivity contribution >= 4 is 5.97 Å². The van der Waals surface area contributed by atoms with Gasteiger partial charge in [-0.1, -0.05) is 13.3 Å². The van der Waals surface area contributed by atoms with E-state index in [1.54, 1.807) is 0 Å². The van der Waals surface area contributed by atoms with Crippen LogP contribution in [0.3, 0.4) is 0 Å². The second kappa shape index (κ2) is 4.70. The van der Waals surface area contributed by atoms with Crippen LogP contribution in [0.4, 0.5) is 0 Å². The molecule has 3 aliphatic rings. The summed E-state index contributed by atoms with van der Waals surface area (Å²) in [6, 6.07) is 0. The van der Waals surface area contributed by atoms with Gasteiger partial charge in [0.1, 0.15) is 0 Å². The van der Waals surface area contributed by atoms with Gasteiger partial charge in [-0.15, -0.1) is 0 Å². The summed E-state index contributed by atoms with van der Waals surface area (Å²) < 4.78 is 17.3. The predicted molar refractivity (Wildman–Crippen MR) is 74.1 cm³/mol. The molecule has 3 atom stereocenters.